The fourth-order valence-electron chi connectivity index (χ4n) is 3.27. The molecule has 0 atom stereocenters. The minimum absolute atomic E-state index is 0.252. The molecule has 4 aromatic rings. The molecule has 1 amide bonds. The van der Waals surface area contributed by atoms with Gasteiger partial charge in [-0.1, -0.05) is 23.5 Å². The molecule has 8 nitrogen and oxygen atoms in total. The van der Waals surface area contributed by atoms with Crippen molar-refractivity contribution in [1.29, 1.82) is 0 Å². The smallest absolute Gasteiger partial charge is 0.269 e. The molecule has 4 aromatic heterocycles. The van der Waals surface area contributed by atoms with Crippen LogP contribution in [0.4, 0.5) is 11.6 Å². The Morgan fingerprint density at radius 2 is 1.91 bits per heavy atom. The highest BCUT2D eigenvalue weighted by Crippen LogP contribution is 2.47. The van der Waals surface area contributed by atoms with E-state index in [1.54, 1.807) is 54.9 Å². The zero-order valence-electron chi connectivity index (χ0n) is 18.2. The van der Waals surface area contributed by atoms with Crippen LogP contribution in [0.2, 0.25) is 0 Å². The number of amides is 1. The summed E-state index contributed by atoms with van der Waals surface area (Å²) < 4.78 is 6.27. The first-order chi connectivity index (χ1) is 16.1. The maximum Gasteiger partial charge on any atom is 0.269 e. The summed E-state index contributed by atoms with van der Waals surface area (Å²) in [6, 6.07) is 14.7. The molecule has 2 N–H and O–H groups in total. The molecular formula is C24H22N6O2S. The predicted molar refractivity (Wildman–Crippen MR) is 127 cm³/mol. The average molecular weight is 459 g/mol. The fraction of sp³-hybridized carbons (Fsp3) is 0.208. The summed E-state index contributed by atoms with van der Waals surface area (Å²) in [4.78, 5) is 30.0. The first-order valence-electron chi connectivity index (χ1n) is 10.6. The molecule has 9 heteroatoms. The van der Waals surface area contributed by atoms with Crippen LogP contribution in [0.15, 0.2) is 54.7 Å². The normalized spacial score (nSPS) is 12.9. The summed E-state index contributed by atoms with van der Waals surface area (Å²) >= 11 is 1.57. The van der Waals surface area contributed by atoms with Gasteiger partial charge in [-0.05, 0) is 50.1 Å². The lowest BCUT2D eigenvalue weighted by molar-refractivity contribution is 0.0958. The van der Waals surface area contributed by atoms with Gasteiger partial charge in [0.2, 0.25) is 5.06 Å². The molecule has 0 aliphatic heterocycles. The summed E-state index contributed by atoms with van der Waals surface area (Å²) in [5.74, 6) is 1.95. The zero-order valence-corrected chi connectivity index (χ0v) is 19.0. The van der Waals surface area contributed by atoms with Crippen LogP contribution in [0.3, 0.4) is 0 Å². The van der Waals surface area contributed by atoms with Gasteiger partial charge in [-0.2, -0.15) is 0 Å². The van der Waals surface area contributed by atoms with E-state index in [9.17, 15) is 4.79 Å². The molecular weight excluding hydrogens is 436 g/mol. The summed E-state index contributed by atoms with van der Waals surface area (Å²) in [6.45, 7) is 1.96. The summed E-state index contributed by atoms with van der Waals surface area (Å²) in [7, 11) is 1.57. The molecule has 33 heavy (non-hydrogen) atoms. The van der Waals surface area contributed by atoms with E-state index in [2.05, 4.69) is 25.6 Å². The standard InChI is InChI=1S/C24H22N6O2S/c1-14-5-3-6-17(27-14)21-24(33-23(30-21)15-9-10-15)32-16-11-12-26-20(13-16)29-19-8-4-7-18(28-19)22(31)25-2/h3-8,11-13,15H,9-10H2,1-2H3,(H,25,31)(H,26,28,29). The van der Waals surface area contributed by atoms with Crippen molar-refractivity contribution in [3.05, 3.63) is 71.1 Å². The summed E-state index contributed by atoms with van der Waals surface area (Å²) in [5, 5.41) is 7.50. The first kappa shape index (κ1) is 21.0. The molecule has 4 heterocycles. The van der Waals surface area contributed by atoms with Gasteiger partial charge < -0.3 is 15.4 Å². The number of carbonyl (C=O) groups is 1. The Hall–Kier alpha value is -3.85. The number of pyridine rings is 3. The van der Waals surface area contributed by atoms with Gasteiger partial charge in [0.1, 0.15) is 33.8 Å². The Kier molecular flexibility index (Phi) is 5.70. The average Bonchev–Trinajstić information content (AvgIpc) is 3.59. The van der Waals surface area contributed by atoms with E-state index < -0.39 is 0 Å². The minimum atomic E-state index is -0.252. The van der Waals surface area contributed by atoms with Gasteiger partial charge in [0.25, 0.3) is 5.91 Å². The number of anilines is 2. The highest BCUT2D eigenvalue weighted by molar-refractivity contribution is 7.14. The molecule has 0 spiro atoms. The van der Waals surface area contributed by atoms with Crippen molar-refractivity contribution < 1.29 is 9.53 Å². The van der Waals surface area contributed by atoms with Crippen molar-refractivity contribution in [3.8, 4) is 22.2 Å². The van der Waals surface area contributed by atoms with Gasteiger partial charge in [-0.25, -0.2) is 15.0 Å². The first-order valence-corrected chi connectivity index (χ1v) is 11.5. The predicted octanol–water partition coefficient (Wildman–Crippen LogP) is 5.08. The second-order valence-electron chi connectivity index (χ2n) is 7.72. The van der Waals surface area contributed by atoms with Crippen LogP contribution >= 0.6 is 11.3 Å². The maximum absolute atomic E-state index is 11.9. The Labute approximate surface area is 195 Å². The fourth-order valence-corrected chi connectivity index (χ4v) is 4.39. The number of hydrogen-bond acceptors (Lipinski definition) is 8. The topological polar surface area (TPSA) is 102 Å². The van der Waals surface area contributed by atoms with E-state index in [0.29, 0.717) is 34.1 Å². The van der Waals surface area contributed by atoms with E-state index in [-0.39, 0.29) is 5.91 Å². The van der Waals surface area contributed by atoms with E-state index in [1.165, 1.54) is 12.8 Å². The molecule has 0 unspecified atom stereocenters. The molecule has 1 fully saturated rings. The van der Waals surface area contributed by atoms with E-state index in [0.717, 1.165) is 22.1 Å². The van der Waals surface area contributed by atoms with Crippen LogP contribution < -0.4 is 15.4 Å². The Morgan fingerprint density at radius 3 is 2.70 bits per heavy atom. The van der Waals surface area contributed by atoms with Crippen LogP contribution in [0.5, 0.6) is 10.8 Å². The van der Waals surface area contributed by atoms with Crippen molar-refractivity contribution in [2.75, 3.05) is 12.4 Å². The third kappa shape index (κ3) is 4.83. The van der Waals surface area contributed by atoms with Crippen LogP contribution in [-0.4, -0.2) is 32.9 Å². The molecule has 1 saturated carbocycles. The lowest BCUT2D eigenvalue weighted by Crippen LogP contribution is -2.19. The van der Waals surface area contributed by atoms with Crippen LogP contribution in [0, 0.1) is 6.92 Å². The van der Waals surface area contributed by atoms with Crippen molar-refractivity contribution in [3.63, 3.8) is 0 Å². The highest BCUT2D eigenvalue weighted by Gasteiger charge is 2.29. The van der Waals surface area contributed by atoms with Gasteiger partial charge in [-0.15, -0.1) is 0 Å². The molecule has 0 radical (unpaired) electrons. The molecule has 0 saturated heterocycles. The van der Waals surface area contributed by atoms with Gasteiger partial charge in [0, 0.05) is 30.9 Å². The van der Waals surface area contributed by atoms with Crippen LogP contribution in [0.1, 0.15) is 39.9 Å². The number of thiazole rings is 1. The Balaban J connectivity index is 1.41. The van der Waals surface area contributed by atoms with Gasteiger partial charge in [-0.3, -0.25) is 9.78 Å². The number of carbonyl (C=O) groups excluding carboxylic acids is 1. The third-order valence-electron chi connectivity index (χ3n) is 5.08. The van der Waals surface area contributed by atoms with E-state index in [4.69, 9.17) is 9.72 Å². The quantitative estimate of drug-likeness (QED) is 0.398. The lowest BCUT2D eigenvalue weighted by atomic mass is 10.2. The molecule has 5 rings (SSSR count). The number of hydrogen-bond donors (Lipinski definition) is 2. The molecule has 166 valence electrons. The van der Waals surface area contributed by atoms with Crippen molar-refractivity contribution in [2.45, 2.75) is 25.7 Å². The van der Waals surface area contributed by atoms with Crippen molar-refractivity contribution >= 4 is 28.9 Å². The van der Waals surface area contributed by atoms with E-state index in [1.807, 2.05) is 25.1 Å². The monoisotopic (exact) mass is 458 g/mol. The molecule has 1 aliphatic carbocycles. The van der Waals surface area contributed by atoms with Gasteiger partial charge in [0.05, 0.1) is 5.69 Å². The van der Waals surface area contributed by atoms with Crippen LogP contribution in [-0.2, 0) is 0 Å². The summed E-state index contributed by atoms with van der Waals surface area (Å²) in [5.41, 5.74) is 2.82. The summed E-state index contributed by atoms with van der Waals surface area (Å²) in [6.07, 6.45) is 3.99. The lowest BCUT2D eigenvalue weighted by Gasteiger charge is -2.09. The molecule has 1 aliphatic rings. The number of nitrogens with one attached hydrogen (secondary N) is 2. The molecule has 0 bridgehead atoms. The SMILES string of the molecule is CNC(=O)c1cccc(Nc2cc(Oc3sc(C4CC4)nc3-c3cccc(C)n3)ccn2)n1. The van der Waals surface area contributed by atoms with Crippen molar-refractivity contribution in [1.82, 2.24) is 25.3 Å². The van der Waals surface area contributed by atoms with Gasteiger partial charge >= 0.3 is 0 Å². The van der Waals surface area contributed by atoms with Gasteiger partial charge in [0.15, 0.2) is 0 Å². The molecule has 0 aromatic carbocycles. The Bertz CT molecular complexity index is 1320. The number of nitrogens with zero attached hydrogens (tertiary/aromatic N) is 4. The van der Waals surface area contributed by atoms with Crippen molar-refractivity contribution in [2.24, 2.45) is 0 Å². The second-order valence-corrected chi connectivity index (χ2v) is 8.71. The minimum Gasteiger partial charge on any atom is -0.444 e. The largest absolute Gasteiger partial charge is 0.444 e. The second kappa shape index (κ2) is 8.95. The third-order valence-corrected chi connectivity index (χ3v) is 6.17. The van der Waals surface area contributed by atoms with E-state index >= 15 is 0 Å². The number of rotatable bonds is 7. The number of aromatic nitrogens is 4. The highest BCUT2D eigenvalue weighted by atomic mass is 32.1. The van der Waals surface area contributed by atoms with Crippen LogP contribution in [0.25, 0.3) is 11.4 Å². The maximum atomic E-state index is 11.9. The number of aryl methyl sites for hydroxylation is 1. The Morgan fingerprint density at radius 1 is 1.06 bits per heavy atom. The zero-order chi connectivity index (χ0) is 22.8. The number of ether oxygens (including phenoxy) is 1.